The van der Waals surface area contributed by atoms with E-state index in [1.54, 1.807) is 18.2 Å². The molecule has 3 aromatic carbocycles. The Bertz CT molecular complexity index is 906. The van der Waals surface area contributed by atoms with Crippen molar-refractivity contribution in [2.45, 2.75) is 6.18 Å². The summed E-state index contributed by atoms with van der Waals surface area (Å²) in [6.45, 7) is 0. The average molecular weight is 347 g/mol. The zero-order chi connectivity index (χ0) is 18.0. The molecule has 0 heterocycles. The van der Waals surface area contributed by atoms with Crippen LogP contribution in [0.15, 0.2) is 66.7 Å². The summed E-state index contributed by atoms with van der Waals surface area (Å²) in [6, 6.07) is 15.1. The fourth-order valence-corrected chi connectivity index (χ4v) is 2.38. The molecule has 25 heavy (non-hydrogen) atoms. The third-order valence-corrected chi connectivity index (χ3v) is 3.53. The molecule has 0 radical (unpaired) electrons. The topological polar surface area (TPSA) is 35.2 Å². The van der Waals surface area contributed by atoms with Gasteiger partial charge in [0.2, 0.25) is 0 Å². The number of benzene rings is 3. The summed E-state index contributed by atoms with van der Waals surface area (Å²) >= 11 is 0. The Balaban J connectivity index is 2.02. The molecule has 0 aliphatic rings. The maximum atomic E-state index is 13.5. The van der Waals surface area contributed by atoms with Crippen molar-refractivity contribution in [3.05, 3.63) is 78.1 Å². The van der Waals surface area contributed by atoms with E-state index in [-0.39, 0.29) is 11.5 Å². The monoisotopic (exact) mass is 347 g/mol. The lowest BCUT2D eigenvalue weighted by Crippen LogP contribution is -2.04. The van der Waals surface area contributed by atoms with E-state index in [1.807, 2.05) is 0 Å². The van der Waals surface area contributed by atoms with Crippen molar-refractivity contribution < 1.29 is 22.3 Å². The van der Waals surface area contributed by atoms with E-state index in [1.165, 1.54) is 36.4 Å². The molecule has 2 N–H and O–H groups in total. The first kappa shape index (κ1) is 16.8. The second kappa shape index (κ2) is 6.47. The number of nitrogen functional groups attached to an aromatic ring is 1. The molecule has 3 rings (SSSR count). The standard InChI is InChI=1S/C19H13F4NO/c20-14-5-1-3-12(9-14)17-8-7-15(24)11-18(17)25-16-6-2-4-13(10-16)19(21,22)23/h1-11H,24H2. The summed E-state index contributed by atoms with van der Waals surface area (Å²) in [7, 11) is 0. The Labute approximate surface area is 141 Å². The van der Waals surface area contributed by atoms with Crippen LogP contribution in [0.3, 0.4) is 0 Å². The van der Waals surface area contributed by atoms with E-state index < -0.39 is 17.6 Å². The van der Waals surface area contributed by atoms with Crippen molar-refractivity contribution in [3.63, 3.8) is 0 Å². The lowest BCUT2D eigenvalue weighted by atomic mass is 10.0. The zero-order valence-corrected chi connectivity index (χ0v) is 12.8. The molecule has 0 fully saturated rings. The minimum absolute atomic E-state index is 0.0121. The van der Waals surface area contributed by atoms with Gasteiger partial charge in [-0.3, -0.25) is 0 Å². The van der Waals surface area contributed by atoms with Crippen molar-refractivity contribution >= 4 is 5.69 Å². The number of ether oxygens (including phenoxy) is 1. The van der Waals surface area contributed by atoms with Gasteiger partial charge in [0.05, 0.1) is 5.56 Å². The van der Waals surface area contributed by atoms with Crippen LogP contribution in [0.25, 0.3) is 11.1 Å². The molecule has 0 aliphatic heterocycles. The molecule has 2 nitrogen and oxygen atoms in total. The maximum absolute atomic E-state index is 13.5. The van der Waals surface area contributed by atoms with Crippen molar-refractivity contribution in [1.29, 1.82) is 0 Å². The summed E-state index contributed by atoms with van der Waals surface area (Å²) in [5.74, 6) is -0.178. The minimum atomic E-state index is -4.47. The fourth-order valence-electron chi connectivity index (χ4n) is 2.38. The molecule has 0 bridgehead atoms. The zero-order valence-electron chi connectivity index (χ0n) is 12.8. The Morgan fingerprint density at radius 2 is 1.60 bits per heavy atom. The third-order valence-electron chi connectivity index (χ3n) is 3.53. The molecule has 0 aromatic heterocycles. The van der Waals surface area contributed by atoms with E-state index in [0.717, 1.165) is 12.1 Å². The molecule has 6 heteroatoms. The van der Waals surface area contributed by atoms with Crippen LogP contribution in [0, 0.1) is 5.82 Å². The molecular formula is C19H13F4NO. The van der Waals surface area contributed by atoms with Crippen LogP contribution in [0.4, 0.5) is 23.2 Å². The van der Waals surface area contributed by atoms with Gasteiger partial charge in [0.1, 0.15) is 17.3 Å². The van der Waals surface area contributed by atoms with Crippen LogP contribution >= 0.6 is 0 Å². The Morgan fingerprint density at radius 3 is 2.32 bits per heavy atom. The predicted octanol–water partition coefficient (Wildman–Crippen LogP) is 5.89. The van der Waals surface area contributed by atoms with Gasteiger partial charge in [0, 0.05) is 17.3 Å². The van der Waals surface area contributed by atoms with Crippen molar-refractivity contribution in [2.24, 2.45) is 0 Å². The van der Waals surface area contributed by atoms with Crippen molar-refractivity contribution in [1.82, 2.24) is 0 Å². The van der Waals surface area contributed by atoms with Crippen LogP contribution in [-0.2, 0) is 6.18 Å². The second-order valence-corrected chi connectivity index (χ2v) is 5.39. The van der Waals surface area contributed by atoms with Gasteiger partial charge in [-0.15, -0.1) is 0 Å². The SMILES string of the molecule is Nc1ccc(-c2cccc(F)c2)c(Oc2cccc(C(F)(F)F)c2)c1. The fraction of sp³-hybridized carbons (Fsp3) is 0.0526. The molecule has 3 aromatic rings. The van der Waals surface area contributed by atoms with Crippen LogP contribution < -0.4 is 10.5 Å². The smallest absolute Gasteiger partial charge is 0.416 e. The van der Waals surface area contributed by atoms with Crippen LogP contribution in [0.2, 0.25) is 0 Å². The molecule has 0 unspecified atom stereocenters. The van der Waals surface area contributed by atoms with Gasteiger partial charge in [-0.1, -0.05) is 18.2 Å². The number of hydrogen-bond donors (Lipinski definition) is 1. The first-order valence-electron chi connectivity index (χ1n) is 7.33. The highest BCUT2D eigenvalue weighted by molar-refractivity contribution is 5.73. The molecule has 0 atom stereocenters. The van der Waals surface area contributed by atoms with Crippen LogP contribution in [-0.4, -0.2) is 0 Å². The van der Waals surface area contributed by atoms with Crippen LogP contribution in [0.5, 0.6) is 11.5 Å². The van der Waals surface area contributed by atoms with Gasteiger partial charge in [-0.25, -0.2) is 4.39 Å². The molecule has 0 aliphatic carbocycles. The van der Waals surface area contributed by atoms with Gasteiger partial charge in [0.15, 0.2) is 0 Å². The molecule has 0 spiro atoms. The number of alkyl halides is 3. The molecule has 128 valence electrons. The summed E-state index contributed by atoms with van der Waals surface area (Å²) in [5, 5.41) is 0. The summed E-state index contributed by atoms with van der Waals surface area (Å²) in [4.78, 5) is 0. The Kier molecular flexibility index (Phi) is 4.35. The number of anilines is 1. The molecular weight excluding hydrogens is 334 g/mol. The Morgan fingerprint density at radius 1 is 0.840 bits per heavy atom. The van der Waals surface area contributed by atoms with E-state index in [4.69, 9.17) is 10.5 Å². The highest BCUT2D eigenvalue weighted by Gasteiger charge is 2.30. The summed E-state index contributed by atoms with van der Waals surface area (Å²) < 4.78 is 57.6. The quantitative estimate of drug-likeness (QED) is 0.474. The highest BCUT2D eigenvalue weighted by Crippen LogP contribution is 2.37. The molecule has 0 saturated carbocycles. The van der Waals surface area contributed by atoms with Crippen molar-refractivity contribution in [3.8, 4) is 22.6 Å². The van der Waals surface area contributed by atoms with Crippen molar-refractivity contribution in [2.75, 3.05) is 5.73 Å². The summed E-state index contributed by atoms with van der Waals surface area (Å²) in [6.07, 6.45) is -4.47. The van der Waals surface area contributed by atoms with Gasteiger partial charge >= 0.3 is 6.18 Å². The second-order valence-electron chi connectivity index (χ2n) is 5.39. The first-order valence-corrected chi connectivity index (χ1v) is 7.33. The van der Waals surface area contributed by atoms with E-state index in [2.05, 4.69) is 0 Å². The van der Waals surface area contributed by atoms with E-state index >= 15 is 0 Å². The summed E-state index contributed by atoms with van der Waals surface area (Å²) in [5.41, 5.74) is 6.36. The first-order chi connectivity index (χ1) is 11.8. The third kappa shape index (κ3) is 3.91. The van der Waals surface area contributed by atoms with E-state index in [0.29, 0.717) is 16.8 Å². The predicted molar refractivity (Wildman–Crippen MR) is 87.8 cm³/mol. The van der Waals surface area contributed by atoms with Crippen LogP contribution in [0.1, 0.15) is 5.56 Å². The maximum Gasteiger partial charge on any atom is 0.416 e. The van der Waals surface area contributed by atoms with Gasteiger partial charge < -0.3 is 10.5 Å². The highest BCUT2D eigenvalue weighted by atomic mass is 19.4. The largest absolute Gasteiger partial charge is 0.457 e. The number of nitrogens with two attached hydrogens (primary N) is 1. The normalized spacial score (nSPS) is 11.4. The molecule has 0 saturated heterocycles. The minimum Gasteiger partial charge on any atom is -0.457 e. The number of halogens is 4. The Hall–Kier alpha value is -3.02. The average Bonchev–Trinajstić information content (AvgIpc) is 2.54. The number of rotatable bonds is 3. The van der Waals surface area contributed by atoms with E-state index in [9.17, 15) is 17.6 Å². The van der Waals surface area contributed by atoms with Gasteiger partial charge in [0.25, 0.3) is 0 Å². The number of hydrogen-bond acceptors (Lipinski definition) is 2. The van der Waals surface area contributed by atoms with Gasteiger partial charge in [-0.05, 0) is 48.0 Å². The van der Waals surface area contributed by atoms with Gasteiger partial charge in [-0.2, -0.15) is 13.2 Å². The lowest BCUT2D eigenvalue weighted by molar-refractivity contribution is -0.137. The lowest BCUT2D eigenvalue weighted by Gasteiger charge is -2.14. The molecule has 0 amide bonds.